The van der Waals surface area contributed by atoms with Crippen molar-refractivity contribution in [2.45, 2.75) is 12.8 Å². The van der Waals surface area contributed by atoms with Crippen molar-refractivity contribution < 1.29 is 19.4 Å². The summed E-state index contributed by atoms with van der Waals surface area (Å²) >= 11 is 0. The Kier molecular flexibility index (Phi) is 4.06. The van der Waals surface area contributed by atoms with Gasteiger partial charge in [-0.2, -0.15) is 0 Å². The van der Waals surface area contributed by atoms with Crippen LogP contribution in [0.3, 0.4) is 0 Å². The molecule has 2 saturated heterocycles. The first-order valence-corrected chi connectivity index (χ1v) is 6.34. The van der Waals surface area contributed by atoms with Gasteiger partial charge in [-0.3, -0.25) is 4.79 Å². The Morgan fingerprint density at radius 2 is 1.89 bits per heavy atom. The summed E-state index contributed by atoms with van der Waals surface area (Å²) in [7, 11) is 1.68. The molecule has 0 aromatic rings. The van der Waals surface area contributed by atoms with E-state index in [4.69, 9.17) is 9.84 Å². The number of nitrogens with zero attached hydrogens (tertiary/aromatic N) is 2. The van der Waals surface area contributed by atoms with Crippen LogP contribution in [0.15, 0.2) is 0 Å². The van der Waals surface area contributed by atoms with Gasteiger partial charge in [-0.15, -0.1) is 0 Å². The van der Waals surface area contributed by atoms with Crippen LogP contribution in [0.5, 0.6) is 0 Å². The minimum absolute atomic E-state index is 0.0511. The molecular formula is C12H20N2O4. The van der Waals surface area contributed by atoms with Gasteiger partial charge in [-0.25, -0.2) is 4.79 Å². The van der Waals surface area contributed by atoms with E-state index in [0.717, 1.165) is 19.5 Å². The summed E-state index contributed by atoms with van der Waals surface area (Å²) in [6.07, 6.45) is 1.15. The standard InChI is InChI=1S/C12H20N2O4/c1-18-8-9-2-3-13(5-9)12(17)14-6-10(7-14)4-11(15)16/h9-10H,2-8H2,1H3,(H,15,16). The molecule has 0 spiro atoms. The van der Waals surface area contributed by atoms with Crippen molar-refractivity contribution in [2.75, 3.05) is 39.9 Å². The number of methoxy groups -OCH3 is 1. The fourth-order valence-corrected chi connectivity index (χ4v) is 2.68. The molecule has 2 amide bonds. The van der Waals surface area contributed by atoms with Crippen molar-refractivity contribution in [3.63, 3.8) is 0 Å². The Morgan fingerprint density at radius 3 is 2.50 bits per heavy atom. The van der Waals surface area contributed by atoms with Gasteiger partial charge < -0.3 is 19.6 Å². The number of carbonyl (C=O) groups is 2. The summed E-state index contributed by atoms with van der Waals surface area (Å²) in [4.78, 5) is 26.2. The molecule has 0 aromatic heterocycles. The molecule has 18 heavy (non-hydrogen) atoms. The van der Waals surface area contributed by atoms with Crippen LogP contribution >= 0.6 is 0 Å². The van der Waals surface area contributed by atoms with Gasteiger partial charge in [-0.05, 0) is 6.42 Å². The number of carboxylic acid groups (broad SMARTS) is 1. The number of aliphatic carboxylic acids is 1. The lowest BCUT2D eigenvalue weighted by atomic mass is 9.97. The normalized spacial score (nSPS) is 24.2. The first-order chi connectivity index (χ1) is 8.60. The van der Waals surface area contributed by atoms with Gasteiger partial charge in [-0.1, -0.05) is 0 Å². The van der Waals surface area contributed by atoms with Crippen molar-refractivity contribution in [1.82, 2.24) is 9.80 Å². The second kappa shape index (κ2) is 5.56. The van der Waals surface area contributed by atoms with Gasteiger partial charge in [0.05, 0.1) is 13.0 Å². The van der Waals surface area contributed by atoms with Crippen molar-refractivity contribution in [3.05, 3.63) is 0 Å². The van der Waals surface area contributed by atoms with E-state index in [1.807, 2.05) is 4.90 Å². The van der Waals surface area contributed by atoms with Crippen LogP contribution in [0.1, 0.15) is 12.8 Å². The molecule has 2 fully saturated rings. The Labute approximate surface area is 106 Å². The van der Waals surface area contributed by atoms with Gasteiger partial charge >= 0.3 is 12.0 Å². The monoisotopic (exact) mass is 256 g/mol. The molecule has 2 aliphatic rings. The third-order valence-electron chi connectivity index (χ3n) is 3.65. The van der Waals surface area contributed by atoms with E-state index in [2.05, 4.69) is 0 Å². The second-order valence-corrected chi connectivity index (χ2v) is 5.21. The lowest BCUT2D eigenvalue weighted by Crippen LogP contribution is -2.54. The van der Waals surface area contributed by atoms with Crippen LogP contribution in [0, 0.1) is 11.8 Å². The number of rotatable bonds is 4. The fraction of sp³-hybridized carbons (Fsp3) is 0.833. The Bertz CT molecular complexity index is 328. The Hall–Kier alpha value is -1.30. The highest BCUT2D eigenvalue weighted by Gasteiger charge is 2.36. The zero-order chi connectivity index (χ0) is 13.1. The lowest BCUT2D eigenvalue weighted by molar-refractivity contribution is -0.139. The van der Waals surface area contributed by atoms with E-state index in [9.17, 15) is 9.59 Å². The highest BCUT2D eigenvalue weighted by molar-refractivity contribution is 5.76. The van der Waals surface area contributed by atoms with Crippen molar-refractivity contribution >= 4 is 12.0 Å². The smallest absolute Gasteiger partial charge is 0.320 e. The zero-order valence-electron chi connectivity index (χ0n) is 10.7. The number of hydrogen-bond donors (Lipinski definition) is 1. The summed E-state index contributed by atoms with van der Waals surface area (Å²) in [5, 5.41) is 8.65. The number of ether oxygens (including phenoxy) is 1. The Balaban J connectivity index is 1.72. The number of urea groups is 1. The van der Waals surface area contributed by atoms with Crippen LogP contribution < -0.4 is 0 Å². The van der Waals surface area contributed by atoms with Crippen LogP contribution in [0.25, 0.3) is 0 Å². The first kappa shape index (κ1) is 13.1. The molecule has 1 unspecified atom stereocenters. The minimum atomic E-state index is -0.784. The van der Waals surface area contributed by atoms with E-state index < -0.39 is 5.97 Å². The van der Waals surface area contributed by atoms with E-state index >= 15 is 0 Å². The van der Waals surface area contributed by atoms with Gasteiger partial charge in [0.1, 0.15) is 0 Å². The second-order valence-electron chi connectivity index (χ2n) is 5.21. The predicted molar refractivity (Wildman–Crippen MR) is 64.3 cm³/mol. The summed E-state index contributed by atoms with van der Waals surface area (Å²) < 4.78 is 5.10. The van der Waals surface area contributed by atoms with Gasteiger partial charge in [0.15, 0.2) is 0 Å². The molecule has 6 nitrogen and oxygen atoms in total. The van der Waals surface area contributed by atoms with Gasteiger partial charge in [0.2, 0.25) is 0 Å². The first-order valence-electron chi connectivity index (χ1n) is 6.34. The SMILES string of the molecule is COCC1CCN(C(=O)N2CC(CC(=O)O)C2)C1. The number of hydrogen-bond acceptors (Lipinski definition) is 3. The molecule has 0 aromatic carbocycles. The molecule has 0 radical (unpaired) electrons. The molecular weight excluding hydrogens is 236 g/mol. The predicted octanol–water partition coefficient (Wildman–Crippen LogP) is 0.481. The van der Waals surface area contributed by atoms with Crippen LogP contribution in [-0.4, -0.2) is 66.8 Å². The summed E-state index contributed by atoms with van der Waals surface area (Å²) in [6, 6.07) is 0.0511. The number of carboxylic acids is 1. The zero-order valence-corrected chi connectivity index (χ0v) is 10.7. The van der Waals surface area contributed by atoms with E-state index in [0.29, 0.717) is 25.6 Å². The number of likely N-dealkylation sites (tertiary alicyclic amines) is 2. The number of amides is 2. The van der Waals surface area contributed by atoms with Crippen LogP contribution in [0.4, 0.5) is 4.79 Å². The highest BCUT2D eigenvalue weighted by atomic mass is 16.5. The molecule has 2 rings (SSSR count). The molecule has 2 heterocycles. The number of carbonyl (C=O) groups excluding carboxylic acids is 1. The van der Waals surface area contributed by atoms with E-state index in [-0.39, 0.29) is 18.4 Å². The minimum Gasteiger partial charge on any atom is -0.481 e. The summed E-state index contributed by atoms with van der Waals surface area (Å²) in [5.41, 5.74) is 0. The molecule has 2 aliphatic heterocycles. The third-order valence-corrected chi connectivity index (χ3v) is 3.65. The van der Waals surface area contributed by atoms with Crippen molar-refractivity contribution in [3.8, 4) is 0 Å². The summed E-state index contributed by atoms with van der Waals surface area (Å²) in [5.74, 6) is -0.215. The molecule has 6 heteroatoms. The van der Waals surface area contributed by atoms with E-state index in [1.54, 1.807) is 12.0 Å². The van der Waals surface area contributed by atoms with Crippen LogP contribution in [0.2, 0.25) is 0 Å². The van der Waals surface area contributed by atoms with Crippen molar-refractivity contribution in [2.24, 2.45) is 11.8 Å². The maximum atomic E-state index is 12.1. The highest BCUT2D eigenvalue weighted by Crippen LogP contribution is 2.24. The van der Waals surface area contributed by atoms with Gasteiger partial charge in [0.25, 0.3) is 0 Å². The fourth-order valence-electron chi connectivity index (χ4n) is 2.68. The quantitative estimate of drug-likeness (QED) is 0.794. The molecule has 1 N–H and O–H groups in total. The molecule has 0 saturated carbocycles. The van der Waals surface area contributed by atoms with Crippen molar-refractivity contribution in [1.29, 1.82) is 0 Å². The van der Waals surface area contributed by atoms with Crippen LogP contribution in [-0.2, 0) is 9.53 Å². The third kappa shape index (κ3) is 2.93. The topological polar surface area (TPSA) is 70.1 Å². The van der Waals surface area contributed by atoms with Gasteiger partial charge in [0, 0.05) is 45.1 Å². The average Bonchev–Trinajstić information content (AvgIpc) is 2.71. The molecule has 0 bridgehead atoms. The molecule has 1 atom stereocenters. The lowest BCUT2D eigenvalue weighted by Gasteiger charge is -2.40. The maximum absolute atomic E-state index is 12.1. The largest absolute Gasteiger partial charge is 0.481 e. The Morgan fingerprint density at radius 1 is 1.22 bits per heavy atom. The summed E-state index contributed by atoms with van der Waals surface area (Å²) in [6.45, 7) is 3.40. The average molecular weight is 256 g/mol. The maximum Gasteiger partial charge on any atom is 0.320 e. The van der Waals surface area contributed by atoms with E-state index in [1.165, 1.54) is 0 Å². The molecule has 0 aliphatic carbocycles. The molecule has 102 valence electrons.